The van der Waals surface area contributed by atoms with Gasteiger partial charge in [0.2, 0.25) is 0 Å². The summed E-state index contributed by atoms with van der Waals surface area (Å²) >= 11 is 1.65. The number of nitrogens with one attached hydrogen (secondary N) is 1. The van der Waals surface area contributed by atoms with Crippen LogP contribution in [0.15, 0.2) is 10.0 Å². The van der Waals surface area contributed by atoms with Crippen molar-refractivity contribution in [2.45, 2.75) is 26.7 Å². The van der Waals surface area contributed by atoms with Gasteiger partial charge in [-0.1, -0.05) is 5.16 Å². The molecule has 0 spiro atoms. The van der Waals surface area contributed by atoms with Crippen molar-refractivity contribution in [2.24, 2.45) is 0 Å². The highest BCUT2D eigenvalue weighted by Crippen LogP contribution is 2.10. The van der Waals surface area contributed by atoms with Crippen LogP contribution in [0.3, 0.4) is 0 Å². The van der Waals surface area contributed by atoms with Crippen molar-refractivity contribution >= 4 is 17.2 Å². The molecule has 0 atom stereocenters. The van der Waals surface area contributed by atoms with Crippen molar-refractivity contribution in [2.75, 3.05) is 6.54 Å². The molecule has 96 valence electrons. The van der Waals surface area contributed by atoms with Crippen molar-refractivity contribution in [3.8, 4) is 0 Å². The summed E-state index contributed by atoms with van der Waals surface area (Å²) < 4.78 is 4.48. The van der Waals surface area contributed by atoms with Crippen molar-refractivity contribution in [3.63, 3.8) is 0 Å². The third-order valence-corrected chi connectivity index (χ3v) is 3.41. The molecule has 2 heterocycles. The van der Waals surface area contributed by atoms with E-state index in [4.69, 9.17) is 0 Å². The maximum Gasteiger partial charge on any atom is 0.275 e. The Morgan fingerprint density at radius 2 is 2.28 bits per heavy atom. The second kappa shape index (κ2) is 5.72. The maximum atomic E-state index is 11.7. The van der Waals surface area contributed by atoms with E-state index >= 15 is 0 Å². The predicted molar refractivity (Wildman–Crippen MR) is 66.5 cm³/mol. The summed E-state index contributed by atoms with van der Waals surface area (Å²) in [5.74, 6) is -0.246. The first-order chi connectivity index (χ1) is 8.66. The van der Waals surface area contributed by atoms with Crippen LogP contribution in [-0.4, -0.2) is 27.7 Å². The fraction of sp³-hybridized carbons (Fsp3) is 0.455. The topological polar surface area (TPSA) is 80.9 Å². The molecule has 0 aliphatic rings. The fourth-order valence-electron chi connectivity index (χ4n) is 1.48. The number of aromatic nitrogens is 3. The molecule has 0 radical (unpaired) electrons. The first kappa shape index (κ1) is 12.7. The van der Waals surface area contributed by atoms with Gasteiger partial charge in [0.1, 0.15) is 5.69 Å². The van der Waals surface area contributed by atoms with Gasteiger partial charge in [-0.25, -0.2) is 9.61 Å². The summed E-state index contributed by atoms with van der Waals surface area (Å²) in [4.78, 5) is 16.0. The molecule has 1 amide bonds. The van der Waals surface area contributed by atoms with Crippen LogP contribution < -0.4 is 5.32 Å². The van der Waals surface area contributed by atoms with Gasteiger partial charge in [0.05, 0.1) is 5.01 Å². The highest BCUT2D eigenvalue weighted by atomic mass is 32.1. The Kier molecular flexibility index (Phi) is 4.03. The number of carbonyl (C=O) groups excluding carboxylic acids is 1. The SMILES string of the molecule is Cc1csc(CCCNC(=O)c2nonc2C)n1. The van der Waals surface area contributed by atoms with Crippen LogP contribution in [-0.2, 0) is 6.42 Å². The molecule has 2 rings (SSSR count). The van der Waals surface area contributed by atoms with Gasteiger partial charge in [-0.05, 0) is 25.4 Å². The number of aryl methyl sites for hydroxylation is 3. The Morgan fingerprint density at radius 3 is 2.89 bits per heavy atom. The average Bonchev–Trinajstić information content (AvgIpc) is 2.93. The molecular formula is C11H14N4O2S. The second-order valence-corrected chi connectivity index (χ2v) is 4.88. The zero-order valence-corrected chi connectivity index (χ0v) is 11.1. The Bertz CT molecular complexity index is 535. The van der Waals surface area contributed by atoms with E-state index in [0.717, 1.165) is 23.5 Å². The molecule has 18 heavy (non-hydrogen) atoms. The molecule has 0 aliphatic heterocycles. The predicted octanol–water partition coefficient (Wildman–Crippen LogP) is 1.51. The quantitative estimate of drug-likeness (QED) is 0.829. The van der Waals surface area contributed by atoms with Crippen molar-refractivity contribution < 1.29 is 9.42 Å². The maximum absolute atomic E-state index is 11.7. The van der Waals surface area contributed by atoms with Gasteiger partial charge in [-0.2, -0.15) is 0 Å². The first-order valence-corrected chi connectivity index (χ1v) is 6.53. The van der Waals surface area contributed by atoms with Crippen LogP contribution in [0.2, 0.25) is 0 Å². The number of rotatable bonds is 5. The molecular weight excluding hydrogens is 252 g/mol. The number of thiazole rings is 1. The van der Waals surface area contributed by atoms with E-state index in [9.17, 15) is 4.79 Å². The second-order valence-electron chi connectivity index (χ2n) is 3.94. The molecule has 0 unspecified atom stereocenters. The zero-order valence-electron chi connectivity index (χ0n) is 10.3. The Balaban J connectivity index is 1.73. The van der Waals surface area contributed by atoms with Crippen LogP contribution in [0.1, 0.15) is 33.3 Å². The number of nitrogens with zero attached hydrogens (tertiary/aromatic N) is 3. The van der Waals surface area contributed by atoms with Gasteiger partial charge in [0, 0.05) is 24.0 Å². The summed E-state index contributed by atoms with van der Waals surface area (Å²) in [6.45, 7) is 4.25. The van der Waals surface area contributed by atoms with E-state index in [2.05, 4.69) is 25.2 Å². The van der Waals surface area contributed by atoms with E-state index < -0.39 is 0 Å². The highest BCUT2D eigenvalue weighted by Gasteiger charge is 2.13. The lowest BCUT2D eigenvalue weighted by atomic mass is 10.3. The van der Waals surface area contributed by atoms with Gasteiger partial charge >= 0.3 is 0 Å². The minimum absolute atomic E-state index is 0.246. The Labute approximate surface area is 108 Å². The minimum Gasteiger partial charge on any atom is -0.351 e. The van der Waals surface area contributed by atoms with Crippen LogP contribution in [0.25, 0.3) is 0 Å². The first-order valence-electron chi connectivity index (χ1n) is 5.65. The number of carbonyl (C=O) groups is 1. The lowest BCUT2D eigenvalue weighted by molar-refractivity contribution is 0.0943. The Morgan fingerprint density at radius 1 is 1.44 bits per heavy atom. The molecule has 0 fully saturated rings. The van der Waals surface area contributed by atoms with Crippen LogP contribution >= 0.6 is 11.3 Å². The van der Waals surface area contributed by atoms with Crippen molar-refractivity contribution in [1.29, 1.82) is 0 Å². The van der Waals surface area contributed by atoms with Gasteiger partial charge in [0.15, 0.2) is 5.69 Å². The van der Waals surface area contributed by atoms with E-state index in [1.807, 2.05) is 12.3 Å². The lowest BCUT2D eigenvalue weighted by Gasteiger charge is -2.01. The number of amides is 1. The van der Waals surface area contributed by atoms with Crippen LogP contribution in [0, 0.1) is 13.8 Å². The third kappa shape index (κ3) is 3.13. The Hall–Kier alpha value is -1.76. The van der Waals surface area contributed by atoms with E-state index in [1.165, 1.54) is 0 Å². The standard InChI is InChI=1S/C11H14N4O2S/c1-7-6-18-9(13-7)4-3-5-12-11(16)10-8(2)14-17-15-10/h6H,3-5H2,1-2H3,(H,12,16). The summed E-state index contributed by atoms with van der Waals surface area (Å²) in [6, 6.07) is 0. The molecule has 0 aliphatic carbocycles. The molecule has 0 saturated carbocycles. The molecule has 0 saturated heterocycles. The summed E-state index contributed by atoms with van der Waals surface area (Å²) in [6.07, 6.45) is 1.72. The third-order valence-electron chi connectivity index (χ3n) is 2.39. The van der Waals surface area contributed by atoms with Gasteiger partial charge < -0.3 is 5.32 Å². The fourth-order valence-corrected chi connectivity index (χ4v) is 2.30. The normalized spacial score (nSPS) is 10.6. The van der Waals surface area contributed by atoms with Crippen molar-refractivity contribution in [3.05, 3.63) is 27.5 Å². The van der Waals surface area contributed by atoms with Gasteiger partial charge in [-0.15, -0.1) is 11.3 Å². The number of hydrogen-bond donors (Lipinski definition) is 1. The van der Waals surface area contributed by atoms with Crippen molar-refractivity contribution in [1.82, 2.24) is 20.6 Å². The van der Waals surface area contributed by atoms with Gasteiger partial charge in [-0.3, -0.25) is 4.79 Å². The molecule has 1 N–H and O–H groups in total. The smallest absolute Gasteiger partial charge is 0.275 e. The van der Waals surface area contributed by atoms with E-state index in [0.29, 0.717) is 12.2 Å². The van der Waals surface area contributed by atoms with Crippen LogP contribution in [0.5, 0.6) is 0 Å². The minimum atomic E-state index is -0.246. The largest absolute Gasteiger partial charge is 0.351 e. The zero-order chi connectivity index (χ0) is 13.0. The van der Waals surface area contributed by atoms with Gasteiger partial charge in [0.25, 0.3) is 5.91 Å². The monoisotopic (exact) mass is 266 g/mol. The number of hydrogen-bond acceptors (Lipinski definition) is 6. The van der Waals surface area contributed by atoms with Crippen LogP contribution in [0.4, 0.5) is 0 Å². The molecule has 7 heteroatoms. The summed E-state index contributed by atoms with van der Waals surface area (Å²) in [7, 11) is 0. The molecule has 0 bridgehead atoms. The molecule has 2 aromatic rings. The highest BCUT2D eigenvalue weighted by molar-refractivity contribution is 7.09. The molecule has 0 aromatic carbocycles. The molecule has 6 nitrogen and oxygen atoms in total. The molecule has 2 aromatic heterocycles. The lowest BCUT2D eigenvalue weighted by Crippen LogP contribution is -2.25. The summed E-state index contributed by atoms with van der Waals surface area (Å²) in [5, 5.41) is 13.0. The van der Waals surface area contributed by atoms with E-state index in [1.54, 1.807) is 18.3 Å². The summed E-state index contributed by atoms with van der Waals surface area (Å²) in [5.41, 5.74) is 1.80. The average molecular weight is 266 g/mol. The van der Waals surface area contributed by atoms with E-state index in [-0.39, 0.29) is 11.6 Å².